The summed E-state index contributed by atoms with van der Waals surface area (Å²) in [6.45, 7) is 3.68. The lowest BCUT2D eigenvalue weighted by atomic mass is 10.1. The first-order chi connectivity index (χ1) is 14.7. The Morgan fingerprint density at radius 2 is 1.58 bits per heavy atom. The number of sulfonamides is 1. The number of nitrogens with one attached hydrogen (secondary N) is 3. The van der Waals surface area contributed by atoms with E-state index in [1.165, 1.54) is 6.07 Å². The second kappa shape index (κ2) is 9.76. The molecule has 162 valence electrons. The molecule has 0 saturated heterocycles. The smallest absolute Gasteiger partial charge is 0.271 e. The Balaban J connectivity index is 1.50. The molecule has 7 nitrogen and oxygen atoms in total. The van der Waals surface area contributed by atoms with Gasteiger partial charge in [-0.1, -0.05) is 36.4 Å². The Hall–Kier alpha value is -3.17. The predicted octanol–water partition coefficient (Wildman–Crippen LogP) is 3.46. The highest BCUT2D eigenvalue weighted by Crippen LogP contribution is 2.21. The topological polar surface area (TPSA) is 104 Å². The average molecular weight is 458 g/mol. The van der Waals surface area contributed by atoms with E-state index in [1.54, 1.807) is 35.7 Å². The number of para-hydroxylation sites is 1. The second-order valence-electron chi connectivity index (χ2n) is 7.00. The zero-order valence-corrected chi connectivity index (χ0v) is 18.8. The van der Waals surface area contributed by atoms with Crippen LogP contribution in [0.5, 0.6) is 0 Å². The number of carbonyl (C=O) groups is 2. The Bertz CT molecular complexity index is 1150. The monoisotopic (exact) mass is 457 g/mol. The van der Waals surface area contributed by atoms with Gasteiger partial charge in [0.05, 0.1) is 13.0 Å². The van der Waals surface area contributed by atoms with E-state index in [0.29, 0.717) is 11.3 Å². The summed E-state index contributed by atoms with van der Waals surface area (Å²) in [6, 6.07) is 15.5. The molecule has 2 amide bonds. The van der Waals surface area contributed by atoms with Crippen molar-refractivity contribution < 1.29 is 18.0 Å². The number of benzene rings is 2. The number of carbonyl (C=O) groups excluding carboxylic acids is 2. The van der Waals surface area contributed by atoms with Gasteiger partial charge in [-0.25, -0.2) is 8.42 Å². The van der Waals surface area contributed by atoms with Gasteiger partial charge in [-0.2, -0.15) is 0 Å². The van der Waals surface area contributed by atoms with Gasteiger partial charge < -0.3 is 10.6 Å². The lowest BCUT2D eigenvalue weighted by Gasteiger charge is -2.12. The highest BCUT2D eigenvalue weighted by atomic mass is 32.2. The van der Waals surface area contributed by atoms with Crippen LogP contribution in [0.25, 0.3) is 0 Å². The van der Waals surface area contributed by atoms with Crippen LogP contribution in [0.3, 0.4) is 0 Å². The predicted molar refractivity (Wildman–Crippen MR) is 123 cm³/mol. The number of thiophene rings is 1. The summed E-state index contributed by atoms with van der Waals surface area (Å²) in [5, 5.41) is 7.11. The van der Waals surface area contributed by atoms with E-state index < -0.39 is 10.0 Å². The van der Waals surface area contributed by atoms with Gasteiger partial charge in [0.1, 0.15) is 4.21 Å². The molecule has 2 aromatic carbocycles. The molecule has 1 aromatic heterocycles. The maximum absolute atomic E-state index is 12.2. The molecule has 1 heterocycles. The van der Waals surface area contributed by atoms with Gasteiger partial charge in [-0.15, -0.1) is 11.3 Å². The molecular weight excluding hydrogens is 434 g/mol. The van der Waals surface area contributed by atoms with Crippen molar-refractivity contribution in [2.24, 2.45) is 0 Å². The van der Waals surface area contributed by atoms with E-state index in [-0.39, 0.29) is 29.0 Å². The summed E-state index contributed by atoms with van der Waals surface area (Å²) in [7, 11) is -3.61. The lowest BCUT2D eigenvalue weighted by Crippen LogP contribution is -2.34. The van der Waals surface area contributed by atoms with E-state index in [0.717, 1.165) is 28.2 Å². The van der Waals surface area contributed by atoms with Crippen LogP contribution in [-0.2, 0) is 26.0 Å². The molecule has 3 aromatic rings. The first-order valence-corrected chi connectivity index (χ1v) is 11.9. The first kappa shape index (κ1) is 22.5. The molecule has 0 saturated carbocycles. The Morgan fingerprint density at radius 1 is 0.903 bits per heavy atom. The van der Waals surface area contributed by atoms with Gasteiger partial charge in [0.25, 0.3) is 10.0 Å². The summed E-state index contributed by atoms with van der Waals surface area (Å²) in [5.74, 6) is -0.604. The minimum atomic E-state index is -3.61. The molecule has 0 bridgehead atoms. The standard InChI is InChI=1S/C22H23N3O4S2/c1-15-5-3-6-16(2)22(15)24-20(27)14-23-19(26)13-17-8-10-18(11-9-17)25-31(28,29)21-7-4-12-30-21/h3-12,25H,13-14H2,1-2H3,(H,23,26)(H,24,27). The Labute approximate surface area is 185 Å². The Morgan fingerprint density at radius 3 is 2.19 bits per heavy atom. The number of rotatable bonds is 8. The summed E-state index contributed by atoms with van der Waals surface area (Å²) < 4.78 is 27.2. The van der Waals surface area contributed by atoms with Crippen LogP contribution in [0.15, 0.2) is 64.2 Å². The van der Waals surface area contributed by atoms with Gasteiger partial charge >= 0.3 is 0 Å². The summed E-state index contributed by atoms with van der Waals surface area (Å²) in [5.41, 5.74) is 3.77. The molecule has 0 radical (unpaired) electrons. The van der Waals surface area contributed by atoms with E-state index >= 15 is 0 Å². The molecule has 3 N–H and O–H groups in total. The van der Waals surface area contributed by atoms with Gasteiger partial charge in [-0.05, 0) is 54.1 Å². The van der Waals surface area contributed by atoms with Crippen molar-refractivity contribution in [3.63, 3.8) is 0 Å². The maximum Gasteiger partial charge on any atom is 0.271 e. The average Bonchev–Trinajstić information content (AvgIpc) is 3.27. The molecule has 0 aliphatic carbocycles. The number of hydrogen-bond acceptors (Lipinski definition) is 5. The third-order valence-corrected chi connectivity index (χ3v) is 7.30. The van der Waals surface area contributed by atoms with Crippen LogP contribution in [0.4, 0.5) is 11.4 Å². The molecule has 9 heteroatoms. The highest BCUT2D eigenvalue weighted by Gasteiger charge is 2.15. The van der Waals surface area contributed by atoms with E-state index in [2.05, 4.69) is 15.4 Å². The SMILES string of the molecule is Cc1cccc(C)c1NC(=O)CNC(=O)Cc1ccc(NS(=O)(=O)c2cccs2)cc1. The van der Waals surface area contributed by atoms with E-state index in [1.807, 2.05) is 32.0 Å². The minimum absolute atomic E-state index is 0.0780. The van der Waals surface area contributed by atoms with Crippen molar-refractivity contribution in [3.8, 4) is 0 Å². The van der Waals surface area contributed by atoms with E-state index in [9.17, 15) is 18.0 Å². The fraction of sp³-hybridized carbons (Fsp3) is 0.182. The van der Waals surface area contributed by atoms with Crippen LogP contribution in [0, 0.1) is 13.8 Å². The molecule has 0 spiro atoms. The van der Waals surface area contributed by atoms with Gasteiger partial charge in [0, 0.05) is 11.4 Å². The highest BCUT2D eigenvalue weighted by molar-refractivity contribution is 7.94. The second-order valence-corrected chi connectivity index (χ2v) is 9.86. The zero-order valence-electron chi connectivity index (χ0n) is 17.1. The third kappa shape index (κ3) is 6.16. The van der Waals surface area contributed by atoms with Crippen molar-refractivity contribution in [2.45, 2.75) is 24.5 Å². The third-order valence-electron chi connectivity index (χ3n) is 4.52. The van der Waals surface area contributed by atoms with E-state index in [4.69, 9.17) is 0 Å². The van der Waals surface area contributed by atoms with Crippen LogP contribution in [0.2, 0.25) is 0 Å². The summed E-state index contributed by atoms with van der Waals surface area (Å²) in [6.07, 6.45) is 0.0780. The van der Waals surface area contributed by atoms with Gasteiger partial charge in [-0.3, -0.25) is 14.3 Å². The fourth-order valence-electron chi connectivity index (χ4n) is 2.93. The minimum Gasteiger partial charge on any atom is -0.347 e. The van der Waals surface area contributed by atoms with Crippen LogP contribution in [-0.4, -0.2) is 26.8 Å². The van der Waals surface area contributed by atoms with Gasteiger partial charge in [0.15, 0.2) is 0 Å². The van der Waals surface area contributed by atoms with Crippen molar-refractivity contribution in [2.75, 3.05) is 16.6 Å². The number of anilines is 2. The van der Waals surface area contributed by atoms with Crippen LogP contribution < -0.4 is 15.4 Å². The molecular formula is C22H23N3O4S2. The number of hydrogen-bond donors (Lipinski definition) is 3. The number of amides is 2. The van der Waals surface area contributed by atoms with Crippen molar-refractivity contribution in [3.05, 3.63) is 76.7 Å². The molecule has 3 rings (SSSR count). The zero-order chi connectivity index (χ0) is 22.4. The fourth-order valence-corrected chi connectivity index (χ4v) is 4.99. The maximum atomic E-state index is 12.2. The molecule has 31 heavy (non-hydrogen) atoms. The summed E-state index contributed by atoms with van der Waals surface area (Å²) >= 11 is 1.13. The van der Waals surface area contributed by atoms with Crippen molar-refractivity contribution >= 4 is 44.5 Å². The molecule has 0 aliphatic rings. The lowest BCUT2D eigenvalue weighted by molar-refractivity contribution is -0.123. The molecule has 0 atom stereocenters. The molecule has 0 fully saturated rings. The molecule has 0 aliphatic heterocycles. The van der Waals surface area contributed by atoms with Gasteiger partial charge in [0.2, 0.25) is 11.8 Å². The first-order valence-electron chi connectivity index (χ1n) is 9.52. The normalized spacial score (nSPS) is 11.0. The van der Waals surface area contributed by atoms with Crippen molar-refractivity contribution in [1.82, 2.24) is 5.32 Å². The molecule has 0 unspecified atom stereocenters. The van der Waals surface area contributed by atoms with Crippen LogP contribution in [0.1, 0.15) is 16.7 Å². The summed E-state index contributed by atoms with van der Waals surface area (Å²) in [4.78, 5) is 24.3. The van der Waals surface area contributed by atoms with Crippen molar-refractivity contribution in [1.29, 1.82) is 0 Å². The van der Waals surface area contributed by atoms with Crippen LogP contribution >= 0.6 is 11.3 Å². The number of aryl methyl sites for hydroxylation is 2. The Kier molecular flexibility index (Phi) is 7.09. The quantitative estimate of drug-likeness (QED) is 0.482. The largest absolute Gasteiger partial charge is 0.347 e.